The summed E-state index contributed by atoms with van der Waals surface area (Å²) in [6.45, 7) is 4.27. The van der Waals surface area contributed by atoms with E-state index < -0.39 is 0 Å². The highest BCUT2D eigenvalue weighted by molar-refractivity contribution is 5.52. The highest BCUT2D eigenvalue weighted by atomic mass is 16.5. The lowest BCUT2D eigenvalue weighted by Gasteiger charge is -2.19. The molecule has 0 aliphatic carbocycles. The van der Waals surface area contributed by atoms with Crippen LogP contribution >= 0.6 is 0 Å². The molecule has 1 atom stereocenters. The zero-order valence-corrected chi connectivity index (χ0v) is 9.57. The first-order valence-electron chi connectivity index (χ1n) is 5.26. The van der Waals surface area contributed by atoms with Gasteiger partial charge in [0.2, 0.25) is 0 Å². The minimum Gasteiger partial charge on any atom is -0.497 e. The SMILES string of the molecule is COc1cccc(C(CC=O)C(C)C)c1. The van der Waals surface area contributed by atoms with Gasteiger partial charge in [0, 0.05) is 6.42 Å². The Morgan fingerprint density at radius 1 is 1.40 bits per heavy atom. The summed E-state index contributed by atoms with van der Waals surface area (Å²) in [5, 5.41) is 0. The first-order chi connectivity index (χ1) is 7.19. The third-order valence-electron chi connectivity index (χ3n) is 2.68. The van der Waals surface area contributed by atoms with Gasteiger partial charge >= 0.3 is 0 Å². The maximum Gasteiger partial charge on any atom is 0.120 e. The Balaban J connectivity index is 2.94. The number of rotatable bonds is 5. The summed E-state index contributed by atoms with van der Waals surface area (Å²) in [4.78, 5) is 10.6. The second-order valence-corrected chi connectivity index (χ2v) is 4.03. The van der Waals surface area contributed by atoms with Crippen LogP contribution < -0.4 is 4.74 Å². The molecule has 0 saturated carbocycles. The third-order valence-corrected chi connectivity index (χ3v) is 2.68. The van der Waals surface area contributed by atoms with Gasteiger partial charge in [-0.3, -0.25) is 0 Å². The quantitative estimate of drug-likeness (QED) is 0.692. The number of hydrogen-bond acceptors (Lipinski definition) is 2. The molecule has 0 aromatic heterocycles. The lowest BCUT2D eigenvalue weighted by Crippen LogP contribution is -2.07. The molecule has 0 bridgehead atoms. The van der Waals surface area contributed by atoms with Crippen molar-refractivity contribution in [1.82, 2.24) is 0 Å². The topological polar surface area (TPSA) is 26.3 Å². The Labute approximate surface area is 91.3 Å². The number of carbonyl (C=O) groups is 1. The highest BCUT2D eigenvalue weighted by Gasteiger charge is 2.15. The van der Waals surface area contributed by atoms with E-state index in [2.05, 4.69) is 19.9 Å². The average molecular weight is 206 g/mol. The van der Waals surface area contributed by atoms with E-state index in [-0.39, 0.29) is 5.92 Å². The molecule has 0 amide bonds. The van der Waals surface area contributed by atoms with Crippen LogP contribution in [0.4, 0.5) is 0 Å². The molecule has 0 saturated heterocycles. The number of ether oxygens (including phenoxy) is 1. The van der Waals surface area contributed by atoms with Crippen LogP contribution in [0.5, 0.6) is 5.75 Å². The van der Waals surface area contributed by atoms with E-state index in [1.807, 2.05) is 18.2 Å². The first-order valence-corrected chi connectivity index (χ1v) is 5.26. The maximum absolute atomic E-state index is 10.6. The van der Waals surface area contributed by atoms with Crippen LogP contribution in [-0.2, 0) is 4.79 Å². The smallest absolute Gasteiger partial charge is 0.120 e. The molecule has 0 fully saturated rings. The van der Waals surface area contributed by atoms with Crippen LogP contribution in [0.15, 0.2) is 24.3 Å². The lowest BCUT2D eigenvalue weighted by atomic mass is 9.86. The fourth-order valence-corrected chi connectivity index (χ4v) is 1.77. The van der Waals surface area contributed by atoms with Crippen LogP contribution in [0.3, 0.4) is 0 Å². The molecule has 0 N–H and O–H groups in total. The Morgan fingerprint density at radius 3 is 2.67 bits per heavy atom. The molecule has 0 radical (unpaired) electrons. The van der Waals surface area contributed by atoms with Gasteiger partial charge in [0.15, 0.2) is 0 Å². The summed E-state index contributed by atoms with van der Waals surface area (Å²) in [5.41, 5.74) is 1.18. The molecule has 1 unspecified atom stereocenters. The Bertz CT molecular complexity index is 318. The predicted octanol–water partition coefficient (Wildman–Crippen LogP) is 3.02. The van der Waals surface area contributed by atoms with Crippen LogP contribution in [0.25, 0.3) is 0 Å². The number of hydrogen-bond donors (Lipinski definition) is 0. The van der Waals surface area contributed by atoms with Crippen LogP contribution in [-0.4, -0.2) is 13.4 Å². The summed E-state index contributed by atoms with van der Waals surface area (Å²) in [6.07, 6.45) is 1.56. The summed E-state index contributed by atoms with van der Waals surface area (Å²) >= 11 is 0. The standard InChI is InChI=1S/C13H18O2/c1-10(2)13(7-8-14)11-5-4-6-12(9-11)15-3/h4-6,8-10,13H,7H2,1-3H3. The molecule has 82 valence electrons. The second kappa shape index (κ2) is 5.54. The predicted molar refractivity (Wildman–Crippen MR) is 61.3 cm³/mol. The van der Waals surface area contributed by atoms with Crippen LogP contribution in [0.1, 0.15) is 31.7 Å². The summed E-state index contributed by atoms with van der Waals surface area (Å²) in [7, 11) is 1.66. The van der Waals surface area contributed by atoms with E-state index in [1.54, 1.807) is 7.11 Å². The zero-order valence-electron chi connectivity index (χ0n) is 9.57. The summed E-state index contributed by atoms with van der Waals surface area (Å²) in [6, 6.07) is 7.95. The van der Waals surface area contributed by atoms with Gasteiger partial charge in [-0.25, -0.2) is 0 Å². The molecule has 1 rings (SSSR count). The van der Waals surface area contributed by atoms with Gasteiger partial charge < -0.3 is 9.53 Å². The third kappa shape index (κ3) is 3.08. The first kappa shape index (κ1) is 11.8. The fourth-order valence-electron chi connectivity index (χ4n) is 1.77. The van der Waals surface area contributed by atoms with Gasteiger partial charge in [-0.05, 0) is 29.5 Å². The molecule has 1 aromatic rings. The average Bonchev–Trinajstić information content (AvgIpc) is 2.25. The molecule has 2 heteroatoms. The molecule has 2 nitrogen and oxygen atoms in total. The minimum absolute atomic E-state index is 0.289. The van der Waals surface area contributed by atoms with Gasteiger partial charge in [0.25, 0.3) is 0 Å². The van der Waals surface area contributed by atoms with Gasteiger partial charge in [-0.2, -0.15) is 0 Å². The number of methoxy groups -OCH3 is 1. The molecule has 0 spiro atoms. The Hall–Kier alpha value is -1.31. The summed E-state index contributed by atoms with van der Waals surface area (Å²) in [5.74, 6) is 1.60. The van der Waals surface area contributed by atoms with Crippen molar-refractivity contribution in [3.8, 4) is 5.75 Å². The fraction of sp³-hybridized carbons (Fsp3) is 0.462. The van der Waals surface area contributed by atoms with Crippen molar-refractivity contribution in [2.75, 3.05) is 7.11 Å². The van der Waals surface area contributed by atoms with E-state index >= 15 is 0 Å². The van der Waals surface area contributed by atoms with Gasteiger partial charge in [-0.15, -0.1) is 0 Å². The maximum atomic E-state index is 10.6. The van der Waals surface area contributed by atoms with E-state index in [9.17, 15) is 4.79 Å². The van der Waals surface area contributed by atoms with Crippen molar-refractivity contribution < 1.29 is 9.53 Å². The molecular formula is C13H18O2. The molecule has 0 aliphatic rings. The molecule has 0 aliphatic heterocycles. The van der Waals surface area contributed by atoms with Gasteiger partial charge in [0.1, 0.15) is 12.0 Å². The van der Waals surface area contributed by atoms with Gasteiger partial charge in [0.05, 0.1) is 7.11 Å². The van der Waals surface area contributed by atoms with Crippen molar-refractivity contribution in [1.29, 1.82) is 0 Å². The minimum atomic E-state index is 0.289. The number of aldehydes is 1. The van der Waals surface area contributed by atoms with E-state index in [4.69, 9.17) is 4.74 Å². The van der Waals surface area contributed by atoms with Crippen molar-refractivity contribution in [2.24, 2.45) is 5.92 Å². The molecule has 1 aromatic carbocycles. The second-order valence-electron chi connectivity index (χ2n) is 4.03. The molecule has 15 heavy (non-hydrogen) atoms. The van der Waals surface area contributed by atoms with Crippen molar-refractivity contribution >= 4 is 6.29 Å². The normalized spacial score (nSPS) is 12.5. The zero-order chi connectivity index (χ0) is 11.3. The van der Waals surface area contributed by atoms with E-state index in [1.165, 1.54) is 5.56 Å². The van der Waals surface area contributed by atoms with Crippen LogP contribution in [0, 0.1) is 5.92 Å². The van der Waals surface area contributed by atoms with Crippen LogP contribution in [0.2, 0.25) is 0 Å². The summed E-state index contributed by atoms with van der Waals surface area (Å²) < 4.78 is 5.17. The number of carbonyl (C=O) groups excluding carboxylic acids is 1. The monoisotopic (exact) mass is 206 g/mol. The van der Waals surface area contributed by atoms with Gasteiger partial charge in [-0.1, -0.05) is 26.0 Å². The van der Waals surface area contributed by atoms with E-state index in [0.717, 1.165) is 12.0 Å². The molecule has 0 heterocycles. The van der Waals surface area contributed by atoms with Crippen molar-refractivity contribution in [3.05, 3.63) is 29.8 Å². The lowest BCUT2D eigenvalue weighted by molar-refractivity contribution is -0.108. The van der Waals surface area contributed by atoms with Crippen molar-refractivity contribution in [2.45, 2.75) is 26.2 Å². The number of benzene rings is 1. The molecular weight excluding hydrogens is 188 g/mol. The van der Waals surface area contributed by atoms with Crippen molar-refractivity contribution in [3.63, 3.8) is 0 Å². The van der Waals surface area contributed by atoms with E-state index in [0.29, 0.717) is 12.3 Å². The largest absolute Gasteiger partial charge is 0.497 e. The Morgan fingerprint density at radius 2 is 2.13 bits per heavy atom. The highest BCUT2D eigenvalue weighted by Crippen LogP contribution is 2.29. The Kier molecular flexibility index (Phi) is 4.35.